The summed E-state index contributed by atoms with van der Waals surface area (Å²) in [4.78, 5) is 12.1. The van der Waals surface area contributed by atoms with E-state index in [0.29, 0.717) is 13.1 Å². The van der Waals surface area contributed by atoms with Crippen LogP contribution in [0.3, 0.4) is 0 Å². The molecule has 1 atom stereocenters. The maximum absolute atomic E-state index is 12.4. The third-order valence-corrected chi connectivity index (χ3v) is 2.94. The smallest absolute Gasteiger partial charge is 0.387 e. The second-order valence-corrected chi connectivity index (χ2v) is 4.64. The lowest BCUT2D eigenvalue weighted by Crippen LogP contribution is -2.31. The van der Waals surface area contributed by atoms with Gasteiger partial charge in [0.2, 0.25) is 5.75 Å². The number of nitrogens with one attached hydrogen (secondary N) is 1. The van der Waals surface area contributed by atoms with E-state index < -0.39 is 6.61 Å². The van der Waals surface area contributed by atoms with Gasteiger partial charge in [0.25, 0.3) is 5.91 Å². The summed E-state index contributed by atoms with van der Waals surface area (Å²) in [6, 6.07) is 2.62. The van der Waals surface area contributed by atoms with Crippen LogP contribution in [0.15, 0.2) is 12.1 Å². The first kappa shape index (κ1) is 18.0. The number of hydrogen-bond acceptors (Lipinski definition) is 5. The predicted octanol–water partition coefficient (Wildman–Crippen LogP) is 1.63. The third kappa shape index (κ3) is 4.73. The molecule has 0 aromatic heterocycles. The number of alkyl halides is 2. The first-order valence-corrected chi connectivity index (χ1v) is 6.62. The van der Waals surface area contributed by atoms with E-state index in [4.69, 9.17) is 15.2 Å². The Morgan fingerprint density at radius 2 is 1.82 bits per heavy atom. The molecule has 0 saturated carbocycles. The van der Waals surface area contributed by atoms with Crippen LogP contribution in [0.5, 0.6) is 17.2 Å². The van der Waals surface area contributed by atoms with Crippen LogP contribution in [0.2, 0.25) is 0 Å². The summed E-state index contributed by atoms with van der Waals surface area (Å²) in [5.41, 5.74) is 5.68. The molecular weight excluding hydrogens is 298 g/mol. The third-order valence-electron chi connectivity index (χ3n) is 2.94. The van der Waals surface area contributed by atoms with Crippen LogP contribution in [0.4, 0.5) is 8.78 Å². The molecular formula is C14H20F2N2O4. The van der Waals surface area contributed by atoms with Crippen molar-refractivity contribution in [2.45, 2.75) is 13.5 Å². The number of rotatable bonds is 8. The standard InChI is InChI=1S/C14H20F2N2O4/c1-8(6-17)7-18-13(19)9-4-10(20-2)12(22-14(15)16)11(5-9)21-3/h4-5,8,14H,6-7,17H2,1-3H3,(H,18,19). The van der Waals surface area contributed by atoms with Crippen molar-refractivity contribution in [3.05, 3.63) is 17.7 Å². The fourth-order valence-electron chi connectivity index (χ4n) is 1.67. The lowest BCUT2D eigenvalue weighted by atomic mass is 10.1. The topological polar surface area (TPSA) is 82.8 Å². The van der Waals surface area contributed by atoms with Gasteiger partial charge in [-0.2, -0.15) is 8.78 Å². The van der Waals surface area contributed by atoms with E-state index in [-0.39, 0.29) is 34.6 Å². The number of amides is 1. The van der Waals surface area contributed by atoms with E-state index in [9.17, 15) is 13.6 Å². The minimum atomic E-state index is -3.03. The number of nitrogens with two attached hydrogens (primary N) is 1. The van der Waals surface area contributed by atoms with Crippen molar-refractivity contribution in [3.63, 3.8) is 0 Å². The van der Waals surface area contributed by atoms with Gasteiger partial charge < -0.3 is 25.3 Å². The maximum atomic E-state index is 12.4. The summed E-state index contributed by atoms with van der Waals surface area (Å²) >= 11 is 0. The Morgan fingerprint density at radius 1 is 1.27 bits per heavy atom. The molecule has 1 rings (SSSR count). The molecule has 6 nitrogen and oxygen atoms in total. The highest BCUT2D eigenvalue weighted by atomic mass is 19.3. The van der Waals surface area contributed by atoms with Gasteiger partial charge in [-0.25, -0.2) is 0 Å². The summed E-state index contributed by atoms with van der Waals surface area (Å²) in [7, 11) is 2.57. The first-order chi connectivity index (χ1) is 10.4. The normalized spacial score (nSPS) is 12.0. The number of benzene rings is 1. The van der Waals surface area contributed by atoms with Gasteiger partial charge in [-0.05, 0) is 24.6 Å². The molecule has 8 heteroatoms. The Morgan fingerprint density at radius 3 is 2.23 bits per heavy atom. The van der Waals surface area contributed by atoms with Crippen molar-refractivity contribution in [2.24, 2.45) is 11.7 Å². The molecule has 0 saturated heterocycles. The van der Waals surface area contributed by atoms with Gasteiger partial charge in [0.1, 0.15) is 0 Å². The Bertz CT molecular complexity index is 487. The molecule has 1 amide bonds. The van der Waals surface area contributed by atoms with E-state index in [1.165, 1.54) is 26.4 Å². The van der Waals surface area contributed by atoms with Crippen LogP contribution in [-0.4, -0.2) is 39.8 Å². The molecule has 0 heterocycles. The van der Waals surface area contributed by atoms with Gasteiger partial charge in [0, 0.05) is 12.1 Å². The second-order valence-electron chi connectivity index (χ2n) is 4.64. The fourth-order valence-corrected chi connectivity index (χ4v) is 1.67. The zero-order chi connectivity index (χ0) is 16.7. The monoisotopic (exact) mass is 318 g/mol. The molecule has 0 bridgehead atoms. The van der Waals surface area contributed by atoms with Crippen molar-refractivity contribution in [1.82, 2.24) is 5.32 Å². The molecule has 124 valence electrons. The minimum absolute atomic E-state index is 0.0170. The molecule has 1 aromatic carbocycles. The van der Waals surface area contributed by atoms with E-state index in [2.05, 4.69) is 10.1 Å². The lowest BCUT2D eigenvalue weighted by Gasteiger charge is -2.16. The van der Waals surface area contributed by atoms with E-state index in [0.717, 1.165) is 0 Å². The van der Waals surface area contributed by atoms with E-state index in [1.807, 2.05) is 6.92 Å². The van der Waals surface area contributed by atoms with E-state index >= 15 is 0 Å². The molecule has 0 fully saturated rings. The Kier molecular flexibility index (Phi) is 6.84. The Balaban J connectivity index is 3.04. The fraction of sp³-hybridized carbons (Fsp3) is 0.500. The van der Waals surface area contributed by atoms with Crippen molar-refractivity contribution >= 4 is 5.91 Å². The van der Waals surface area contributed by atoms with Gasteiger partial charge in [0.05, 0.1) is 14.2 Å². The molecule has 3 N–H and O–H groups in total. The molecule has 0 aliphatic carbocycles. The summed E-state index contributed by atoms with van der Waals surface area (Å²) < 4.78 is 39.2. The maximum Gasteiger partial charge on any atom is 0.387 e. The van der Waals surface area contributed by atoms with Crippen molar-refractivity contribution < 1.29 is 27.8 Å². The van der Waals surface area contributed by atoms with Gasteiger partial charge in [0.15, 0.2) is 11.5 Å². The van der Waals surface area contributed by atoms with Crippen molar-refractivity contribution in [2.75, 3.05) is 27.3 Å². The molecule has 0 aliphatic rings. The summed E-state index contributed by atoms with van der Waals surface area (Å²) in [5.74, 6) is -0.560. The minimum Gasteiger partial charge on any atom is -0.493 e. The van der Waals surface area contributed by atoms with Crippen LogP contribution in [0.25, 0.3) is 0 Å². The summed E-state index contributed by atoms with van der Waals surface area (Å²) in [6.45, 7) is -0.308. The van der Waals surface area contributed by atoms with Gasteiger partial charge in [-0.15, -0.1) is 0 Å². The molecule has 0 spiro atoms. The SMILES string of the molecule is COc1cc(C(=O)NCC(C)CN)cc(OC)c1OC(F)F. The quantitative estimate of drug-likeness (QED) is 0.761. The summed E-state index contributed by atoms with van der Waals surface area (Å²) in [5, 5.41) is 2.69. The average molecular weight is 318 g/mol. The van der Waals surface area contributed by atoms with Crippen molar-refractivity contribution in [1.29, 1.82) is 0 Å². The highest BCUT2D eigenvalue weighted by Gasteiger charge is 2.20. The van der Waals surface area contributed by atoms with Crippen LogP contribution < -0.4 is 25.3 Å². The molecule has 0 aliphatic heterocycles. The second kappa shape index (κ2) is 8.38. The van der Waals surface area contributed by atoms with Gasteiger partial charge in [-0.1, -0.05) is 6.92 Å². The molecule has 1 aromatic rings. The van der Waals surface area contributed by atoms with Gasteiger partial charge >= 0.3 is 6.61 Å². The molecule has 0 radical (unpaired) electrons. The first-order valence-electron chi connectivity index (χ1n) is 6.62. The Hall–Kier alpha value is -2.09. The number of ether oxygens (including phenoxy) is 3. The zero-order valence-corrected chi connectivity index (χ0v) is 12.7. The van der Waals surface area contributed by atoms with Crippen LogP contribution in [0.1, 0.15) is 17.3 Å². The van der Waals surface area contributed by atoms with Crippen LogP contribution in [-0.2, 0) is 0 Å². The van der Waals surface area contributed by atoms with Crippen molar-refractivity contribution in [3.8, 4) is 17.2 Å². The molecule has 1 unspecified atom stereocenters. The molecule has 22 heavy (non-hydrogen) atoms. The largest absolute Gasteiger partial charge is 0.493 e. The number of carbonyl (C=O) groups is 1. The number of halogens is 2. The number of methoxy groups -OCH3 is 2. The van der Waals surface area contributed by atoms with Crippen LogP contribution in [0, 0.1) is 5.92 Å². The predicted molar refractivity (Wildman–Crippen MR) is 76.7 cm³/mol. The highest BCUT2D eigenvalue weighted by Crippen LogP contribution is 2.39. The van der Waals surface area contributed by atoms with Gasteiger partial charge in [-0.3, -0.25) is 4.79 Å². The number of hydrogen-bond donors (Lipinski definition) is 2. The van der Waals surface area contributed by atoms with Crippen LogP contribution >= 0.6 is 0 Å². The number of carbonyl (C=O) groups excluding carboxylic acids is 1. The zero-order valence-electron chi connectivity index (χ0n) is 12.7. The Labute approximate surface area is 127 Å². The highest BCUT2D eigenvalue weighted by molar-refractivity contribution is 5.95. The summed E-state index contributed by atoms with van der Waals surface area (Å²) in [6.07, 6.45) is 0. The lowest BCUT2D eigenvalue weighted by molar-refractivity contribution is -0.0526. The van der Waals surface area contributed by atoms with E-state index in [1.54, 1.807) is 0 Å². The average Bonchev–Trinajstić information content (AvgIpc) is 2.51.